The fraction of sp³-hybridized carbons (Fsp3) is 0.333. The number of rotatable bonds is 4. The molecule has 1 atom stereocenters. The lowest BCUT2D eigenvalue weighted by Crippen LogP contribution is -2.12. The second-order valence-corrected chi connectivity index (χ2v) is 7.22. The summed E-state index contributed by atoms with van der Waals surface area (Å²) >= 11 is 16.8. The lowest BCUT2D eigenvalue weighted by molar-refractivity contribution is 0.321. The van der Waals surface area contributed by atoms with Crippen molar-refractivity contribution in [2.24, 2.45) is 0 Å². The number of alkyl halides is 2. The van der Waals surface area contributed by atoms with Crippen LogP contribution < -0.4 is 4.74 Å². The van der Waals surface area contributed by atoms with Crippen LogP contribution in [0, 0.1) is 0 Å². The molecule has 1 aromatic carbocycles. The molecule has 0 saturated heterocycles. The molecule has 0 aromatic heterocycles. The van der Waals surface area contributed by atoms with E-state index in [2.05, 4.69) is 79.6 Å². The molecule has 0 radical (unpaired) electrons. The molecule has 1 aromatic rings. The zero-order valence-corrected chi connectivity index (χ0v) is 15.7. The average Bonchev–Trinajstić information content (AvgIpc) is 2.28. The monoisotopic (exact) mass is 542 g/mol. The van der Waals surface area contributed by atoms with Crippen molar-refractivity contribution in [1.82, 2.24) is 0 Å². The van der Waals surface area contributed by atoms with E-state index in [0.717, 1.165) is 14.3 Å². The molecule has 0 saturated carbocycles. The van der Waals surface area contributed by atoms with Crippen LogP contribution in [0.15, 0.2) is 19.5 Å². The number of hydrogen-bond acceptors (Lipinski definition) is 2. The first kappa shape index (κ1) is 15.3. The van der Waals surface area contributed by atoms with Gasteiger partial charge in [0.15, 0.2) is 0 Å². The third-order valence-corrected chi connectivity index (χ3v) is 7.37. The van der Waals surface area contributed by atoms with E-state index in [-0.39, 0.29) is 10.6 Å². The highest BCUT2D eigenvalue weighted by molar-refractivity contribution is 9.14. The van der Waals surface area contributed by atoms with Gasteiger partial charge in [0.1, 0.15) is 18.1 Å². The third kappa shape index (κ3) is 3.86. The molecule has 0 aliphatic carbocycles. The summed E-state index contributed by atoms with van der Waals surface area (Å²) in [6.07, 6.45) is 0. The molecule has 0 spiro atoms. The maximum Gasteiger partial charge on any atom is 0.138 e. The Balaban J connectivity index is 2.89. The van der Waals surface area contributed by atoms with Gasteiger partial charge in [0.2, 0.25) is 0 Å². The zero-order valence-electron chi connectivity index (χ0n) is 7.81. The van der Waals surface area contributed by atoms with Crippen LogP contribution in [0.5, 0.6) is 11.5 Å². The number of hydrogen-bond donors (Lipinski definition) is 1. The van der Waals surface area contributed by atoms with Crippen molar-refractivity contribution in [3.8, 4) is 11.5 Å². The fourth-order valence-corrected chi connectivity index (χ4v) is 2.62. The molecule has 0 heterocycles. The van der Waals surface area contributed by atoms with Gasteiger partial charge in [0.25, 0.3) is 0 Å². The van der Waals surface area contributed by atoms with Gasteiger partial charge in [0, 0.05) is 11.4 Å². The maximum absolute atomic E-state index is 9.63. The second kappa shape index (κ2) is 6.97. The molecule has 7 heteroatoms. The van der Waals surface area contributed by atoms with Gasteiger partial charge >= 0.3 is 0 Å². The van der Waals surface area contributed by atoms with E-state index < -0.39 is 0 Å². The minimum atomic E-state index is 0.134. The molecular weight excluding hydrogens is 540 g/mol. The van der Waals surface area contributed by atoms with E-state index >= 15 is 0 Å². The Morgan fingerprint density at radius 1 is 1.19 bits per heavy atom. The van der Waals surface area contributed by atoms with Gasteiger partial charge in [-0.15, -0.1) is 0 Å². The SMILES string of the molecule is Oc1cc(OCC(Br)CBr)c(Br)c(Br)c1Br. The van der Waals surface area contributed by atoms with Gasteiger partial charge < -0.3 is 9.84 Å². The van der Waals surface area contributed by atoms with Crippen LogP contribution in [0.1, 0.15) is 0 Å². The summed E-state index contributed by atoms with van der Waals surface area (Å²) in [5, 5.41) is 10.4. The Morgan fingerprint density at radius 2 is 1.81 bits per heavy atom. The van der Waals surface area contributed by atoms with E-state index in [1.54, 1.807) is 6.07 Å². The first-order chi connectivity index (χ1) is 7.47. The normalized spacial score (nSPS) is 12.6. The lowest BCUT2D eigenvalue weighted by Gasteiger charge is -2.13. The van der Waals surface area contributed by atoms with Crippen LogP contribution in [0.3, 0.4) is 0 Å². The fourth-order valence-electron chi connectivity index (χ4n) is 0.898. The van der Waals surface area contributed by atoms with E-state index in [1.165, 1.54) is 0 Å². The van der Waals surface area contributed by atoms with Crippen LogP contribution in [0.2, 0.25) is 0 Å². The molecule has 1 rings (SSSR count). The minimum Gasteiger partial charge on any atom is -0.507 e. The van der Waals surface area contributed by atoms with Crippen molar-refractivity contribution in [3.05, 3.63) is 19.5 Å². The van der Waals surface area contributed by atoms with Crippen LogP contribution in [-0.2, 0) is 0 Å². The molecule has 0 bridgehead atoms. The van der Waals surface area contributed by atoms with Crippen LogP contribution in [-0.4, -0.2) is 21.9 Å². The summed E-state index contributed by atoms with van der Waals surface area (Å²) in [5.41, 5.74) is 0. The summed E-state index contributed by atoms with van der Waals surface area (Å²) in [6, 6.07) is 1.56. The average molecular weight is 547 g/mol. The molecular formula is C9H7Br5O2. The van der Waals surface area contributed by atoms with E-state index in [9.17, 15) is 5.11 Å². The summed E-state index contributed by atoms with van der Waals surface area (Å²) in [5.74, 6) is 0.730. The van der Waals surface area contributed by atoms with Crippen LogP contribution in [0.4, 0.5) is 0 Å². The molecule has 0 aliphatic heterocycles. The molecule has 1 N–H and O–H groups in total. The molecule has 2 nitrogen and oxygen atoms in total. The highest BCUT2D eigenvalue weighted by Crippen LogP contribution is 2.43. The quantitative estimate of drug-likeness (QED) is 0.415. The molecule has 0 fully saturated rings. The standard InChI is InChI=1S/C9H7Br5O2/c10-2-4(11)3-16-6-1-5(15)7(12)9(14)8(6)13/h1,4,15H,2-3H2. The summed E-state index contributed by atoms with van der Waals surface area (Å²) in [4.78, 5) is 0.226. The van der Waals surface area contributed by atoms with Gasteiger partial charge in [-0.3, -0.25) is 0 Å². The maximum atomic E-state index is 9.63. The smallest absolute Gasteiger partial charge is 0.138 e. The van der Waals surface area contributed by atoms with Gasteiger partial charge in [-0.25, -0.2) is 0 Å². The molecule has 16 heavy (non-hydrogen) atoms. The van der Waals surface area contributed by atoms with Crippen molar-refractivity contribution in [1.29, 1.82) is 0 Å². The van der Waals surface area contributed by atoms with Gasteiger partial charge in [-0.2, -0.15) is 0 Å². The zero-order chi connectivity index (χ0) is 12.3. The molecule has 0 amide bonds. The van der Waals surface area contributed by atoms with Gasteiger partial charge in [-0.1, -0.05) is 31.9 Å². The van der Waals surface area contributed by atoms with Crippen molar-refractivity contribution in [2.45, 2.75) is 4.83 Å². The number of phenols is 1. The van der Waals surface area contributed by atoms with Crippen molar-refractivity contribution in [2.75, 3.05) is 11.9 Å². The molecule has 90 valence electrons. The topological polar surface area (TPSA) is 29.5 Å². The predicted molar refractivity (Wildman–Crippen MR) is 83.2 cm³/mol. The third-order valence-electron chi connectivity index (χ3n) is 1.68. The number of benzene rings is 1. The van der Waals surface area contributed by atoms with Gasteiger partial charge in [0.05, 0.1) is 18.2 Å². The van der Waals surface area contributed by atoms with E-state index in [0.29, 0.717) is 16.8 Å². The van der Waals surface area contributed by atoms with Crippen LogP contribution >= 0.6 is 79.6 Å². The van der Waals surface area contributed by atoms with Crippen molar-refractivity contribution >= 4 is 79.6 Å². The summed E-state index contributed by atoms with van der Waals surface area (Å²) < 4.78 is 7.67. The molecule has 0 aliphatic rings. The Morgan fingerprint density at radius 3 is 2.38 bits per heavy atom. The van der Waals surface area contributed by atoms with E-state index in [1.807, 2.05) is 0 Å². The first-order valence-electron chi connectivity index (χ1n) is 4.16. The Hall–Kier alpha value is 1.22. The highest BCUT2D eigenvalue weighted by atomic mass is 79.9. The molecule has 1 unspecified atom stereocenters. The predicted octanol–water partition coefficient (Wildman–Crippen LogP) is 5.22. The van der Waals surface area contributed by atoms with E-state index in [4.69, 9.17) is 4.74 Å². The van der Waals surface area contributed by atoms with Crippen molar-refractivity contribution in [3.63, 3.8) is 0 Å². The van der Waals surface area contributed by atoms with Crippen LogP contribution in [0.25, 0.3) is 0 Å². The Bertz CT molecular complexity index is 383. The van der Waals surface area contributed by atoms with Crippen molar-refractivity contribution < 1.29 is 9.84 Å². The number of aromatic hydroxyl groups is 1. The van der Waals surface area contributed by atoms with Gasteiger partial charge in [-0.05, 0) is 47.8 Å². The number of halogens is 5. The summed E-state index contributed by atoms with van der Waals surface area (Å²) in [6.45, 7) is 0.511. The Kier molecular flexibility index (Phi) is 6.65. The highest BCUT2D eigenvalue weighted by Gasteiger charge is 2.14. The Labute approximate surface area is 136 Å². The lowest BCUT2D eigenvalue weighted by atomic mass is 10.3. The summed E-state index contributed by atoms with van der Waals surface area (Å²) in [7, 11) is 0. The number of ether oxygens (including phenoxy) is 1. The minimum absolute atomic E-state index is 0.134. The second-order valence-electron chi connectivity index (χ2n) is 2.90. The first-order valence-corrected chi connectivity index (χ1v) is 8.58. The number of phenolic OH excluding ortho intramolecular Hbond substituents is 1. The largest absolute Gasteiger partial charge is 0.507 e.